The number of fused-ring (bicyclic) bond motifs is 3. The standard InChI is InChI=1S/C22H22N4O2/c1-13-7-10-16(14(2)11-13)23-20(27)12-19-21(28)25(15-8-9-15)22-24-17-5-3-4-6-18(17)26(19)22/h3-7,10-11,15,19H,8-9,12H2,1-2H3,(H,23,27)/t19-/m0/s1. The molecule has 3 aromatic rings. The molecule has 1 atom stereocenters. The zero-order valence-electron chi connectivity index (χ0n) is 16.0. The van der Waals surface area contributed by atoms with Crippen molar-refractivity contribution in [2.24, 2.45) is 0 Å². The van der Waals surface area contributed by atoms with Gasteiger partial charge in [0.05, 0.1) is 17.5 Å². The van der Waals surface area contributed by atoms with Crippen LogP contribution in [0.3, 0.4) is 0 Å². The lowest BCUT2D eigenvalue weighted by Gasteiger charge is -2.15. The molecule has 2 aromatic carbocycles. The minimum absolute atomic E-state index is 0.0217. The summed E-state index contributed by atoms with van der Waals surface area (Å²) in [6, 6.07) is 13.4. The van der Waals surface area contributed by atoms with Crippen molar-refractivity contribution < 1.29 is 9.59 Å². The summed E-state index contributed by atoms with van der Waals surface area (Å²) in [5.41, 5.74) is 4.71. The summed E-state index contributed by atoms with van der Waals surface area (Å²) in [5, 5.41) is 2.97. The van der Waals surface area contributed by atoms with Gasteiger partial charge in [0.1, 0.15) is 6.04 Å². The predicted molar refractivity (Wildman–Crippen MR) is 108 cm³/mol. The molecule has 6 nitrogen and oxygen atoms in total. The molecular weight excluding hydrogens is 352 g/mol. The Kier molecular flexibility index (Phi) is 3.75. The molecule has 5 rings (SSSR count). The summed E-state index contributed by atoms with van der Waals surface area (Å²) >= 11 is 0. The monoisotopic (exact) mass is 374 g/mol. The summed E-state index contributed by atoms with van der Waals surface area (Å²) in [6.45, 7) is 3.99. The summed E-state index contributed by atoms with van der Waals surface area (Å²) < 4.78 is 1.94. The Labute approximate surface area is 163 Å². The molecule has 1 aliphatic heterocycles. The van der Waals surface area contributed by atoms with E-state index >= 15 is 0 Å². The minimum Gasteiger partial charge on any atom is -0.326 e. The van der Waals surface area contributed by atoms with Gasteiger partial charge in [0, 0.05) is 11.7 Å². The second-order valence-electron chi connectivity index (χ2n) is 7.80. The molecular formula is C22H22N4O2. The van der Waals surface area contributed by atoms with Crippen molar-refractivity contribution in [3.63, 3.8) is 0 Å². The van der Waals surface area contributed by atoms with Crippen LogP contribution in [0.15, 0.2) is 42.5 Å². The van der Waals surface area contributed by atoms with Crippen molar-refractivity contribution in [2.75, 3.05) is 10.2 Å². The lowest BCUT2D eigenvalue weighted by molar-refractivity contribution is -0.124. The number of carbonyl (C=O) groups is 2. The van der Waals surface area contributed by atoms with E-state index in [0.717, 1.165) is 40.7 Å². The molecule has 0 saturated heterocycles. The summed E-state index contributed by atoms with van der Waals surface area (Å²) in [4.78, 5) is 32.4. The van der Waals surface area contributed by atoms with Gasteiger partial charge in [-0.3, -0.25) is 19.1 Å². The van der Waals surface area contributed by atoms with Gasteiger partial charge in [-0.15, -0.1) is 0 Å². The average Bonchev–Trinajstić information content (AvgIpc) is 3.37. The molecule has 1 N–H and O–H groups in total. The van der Waals surface area contributed by atoms with Gasteiger partial charge in [-0.1, -0.05) is 29.8 Å². The Morgan fingerprint density at radius 2 is 1.96 bits per heavy atom. The molecule has 142 valence electrons. The molecule has 2 amide bonds. The maximum atomic E-state index is 13.1. The highest BCUT2D eigenvalue weighted by molar-refractivity contribution is 6.05. The molecule has 28 heavy (non-hydrogen) atoms. The normalized spacial score (nSPS) is 18.6. The summed E-state index contributed by atoms with van der Waals surface area (Å²) in [6.07, 6.45) is 2.09. The van der Waals surface area contributed by atoms with Crippen LogP contribution >= 0.6 is 0 Å². The number of nitrogens with one attached hydrogen (secondary N) is 1. The second-order valence-corrected chi connectivity index (χ2v) is 7.80. The first-order chi connectivity index (χ1) is 13.5. The van der Waals surface area contributed by atoms with E-state index in [9.17, 15) is 9.59 Å². The summed E-state index contributed by atoms with van der Waals surface area (Å²) in [5.74, 6) is 0.497. The Bertz CT molecular complexity index is 1110. The fourth-order valence-corrected chi connectivity index (χ4v) is 4.06. The quantitative estimate of drug-likeness (QED) is 0.757. The van der Waals surface area contributed by atoms with Gasteiger partial charge in [0.25, 0.3) is 5.91 Å². The van der Waals surface area contributed by atoms with Crippen LogP contribution in [0, 0.1) is 13.8 Å². The number of rotatable bonds is 4. The van der Waals surface area contributed by atoms with Crippen LogP contribution in [0.5, 0.6) is 0 Å². The topological polar surface area (TPSA) is 67.2 Å². The van der Waals surface area contributed by atoms with Crippen LogP contribution in [0.2, 0.25) is 0 Å². The van der Waals surface area contributed by atoms with Gasteiger partial charge in [-0.25, -0.2) is 4.98 Å². The molecule has 6 heteroatoms. The first-order valence-electron chi connectivity index (χ1n) is 9.70. The van der Waals surface area contributed by atoms with Gasteiger partial charge in [-0.2, -0.15) is 0 Å². The third-order valence-electron chi connectivity index (χ3n) is 5.57. The number of nitrogens with zero attached hydrogens (tertiary/aromatic N) is 3. The lowest BCUT2D eigenvalue weighted by atomic mass is 10.1. The van der Waals surface area contributed by atoms with Crippen LogP contribution in [-0.2, 0) is 9.59 Å². The van der Waals surface area contributed by atoms with E-state index in [1.165, 1.54) is 0 Å². The number of benzene rings is 2. The molecule has 0 radical (unpaired) electrons. The largest absolute Gasteiger partial charge is 0.326 e. The van der Waals surface area contributed by atoms with Crippen LogP contribution in [-0.4, -0.2) is 27.4 Å². The highest BCUT2D eigenvalue weighted by Gasteiger charge is 2.47. The Morgan fingerprint density at radius 1 is 1.18 bits per heavy atom. The lowest BCUT2D eigenvalue weighted by Crippen LogP contribution is -2.33. The van der Waals surface area contributed by atoms with E-state index in [1.54, 1.807) is 4.90 Å². The number of aryl methyl sites for hydroxylation is 2. The fourth-order valence-electron chi connectivity index (χ4n) is 4.06. The molecule has 2 heterocycles. The molecule has 1 saturated carbocycles. The highest BCUT2D eigenvalue weighted by Crippen LogP contribution is 2.42. The number of imidazole rings is 1. The first kappa shape index (κ1) is 17.0. The van der Waals surface area contributed by atoms with Crippen molar-refractivity contribution in [2.45, 2.75) is 45.2 Å². The SMILES string of the molecule is Cc1ccc(NC(=O)C[C@H]2C(=O)N(C3CC3)c3nc4ccccc4n32)c(C)c1. The molecule has 0 spiro atoms. The van der Waals surface area contributed by atoms with Gasteiger partial charge in [0.15, 0.2) is 0 Å². The van der Waals surface area contributed by atoms with Gasteiger partial charge in [0.2, 0.25) is 11.9 Å². The van der Waals surface area contributed by atoms with Gasteiger partial charge >= 0.3 is 0 Å². The molecule has 1 aromatic heterocycles. The maximum absolute atomic E-state index is 13.1. The van der Waals surface area contributed by atoms with E-state index in [0.29, 0.717) is 5.95 Å². The number of carbonyl (C=O) groups excluding carboxylic acids is 2. The van der Waals surface area contributed by atoms with Crippen LogP contribution in [0.1, 0.15) is 36.4 Å². The maximum Gasteiger partial charge on any atom is 0.253 e. The average molecular weight is 374 g/mol. The number of anilines is 2. The zero-order chi connectivity index (χ0) is 19.4. The highest BCUT2D eigenvalue weighted by atomic mass is 16.2. The van der Waals surface area contributed by atoms with E-state index < -0.39 is 6.04 Å². The van der Waals surface area contributed by atoms with Crippen molar-refractivity contribution in [1.29, 1.82) is 0 Å². The molecule has 1 fully saturated rings. The van der Waals surface area contributed by atoms with Crippen molar-refractivity contribution in [3.8, 4) is 0 Å². The zero-order valence-corrected chi connectivity index (χ0v) is 16.0. The fraction of sp³-hybridized carbons (Fsp3) is 0.318. The first-order valence-corrected chi connectivity index (χ1v) is 9.70. The third kappa shape index (κ3) is 2.68. The number of aromatic nitrogens is 2. The minimum atomic E-state index is -0.547. The van der Waals surface area contributed by atoms with Crippen molar-refractivity contribution >= 4 is 34.5 Å². The Morgan fingerprint density at radius 3 is 2.71 bits per heavy atom. The van der Waals surface area contributed by atoms with Crippen LogP contribution in [0.4, 0.5) is 11.6 Å². The van der Waals surface area contributed by atoms with E-state index in [-0.39, 0.29) is 24.3 Å². The van der Waals surface area contributed by atoms with E-state index in [1.807, 2.05) is 60.9 Å². The predicted octanol–water partition coefficient (Wildman–Crippen LogP) is 3.73. The second kappa shape index (κ2) is 6.19. The number of amides is 2. The van der Waals surface area contributed by atoms with Crippen molar-refractivity contribution in [1.82, 2.24) is 9.55 Å². The van der Waals surface area contributed by atoms with E-state index in [4.69, 9.17) is 0 Å². The molecule has 2 aliphatic rings. The number of hydrogen-bond acceptors (Lipinski definition) is 3. The van der Waals surface area contributed by atoms with Crippen LogP contribution in [0.25, 0.3) is 11.0 Å². The Balaban J connectivity index is 1.46. The Hall–Kier alpha value is -3.15. The van der Waals surface area contributed by atoms with E-state index in [2.05, 4.69) is 10.3 Å². The number of hydrogen-bond donors (Lipinski definition) is 1. The summed E-state index contributed by atoms with van der Waals surface area (Å²) in [7, 11) is 0. The van der Waals surface area contributed by atoms with Gasteiger partial charge < -0.3 is 5.32 Å². The van der Waals surface area contributed by atoms with Crippen LogP contribution < -0.4 is 10.2 Å². The number of para-hydroxylation sites is 2. The molecule has 1 aliphatic carbocycles. The molecule has 0 unspecified atom stereocenters. The smallest absolute Gasteiger partial charge is 0.253 e. The van der Waals surface area contributed by atoms with Crippen molar-refractivity contribution in [3.05, 3.63) is 53.6 Å². The van der Waals surface area contributed by atoms with Gasteiger partial charge in [-0.05, 0) is 50.5 Å². The third-order valence-corrected chi connectivity index (χ3v) is 5.57. The molecule has 0 bridgehead atoms.